The molecule has 0 bridgehead atoms. The molecule has 2 fully saturated rings. The van der Waals surface area contributed by atoms with Crippen LogP contribution >= 0.6 is 24.0 Å². The zero-order chi connectivity index (χ0) is 19.8. The van der Waals surface area contributed by atoms with Crippen molar-refractivity contribution in [3.05, 3.63) is 40.8 Å². The van der Waals surface area contributed by atoms with Gasteiger partial charge in [0.2, 0.25) is 5.91 Å². The fourth-order valence-electron chi connectivity index (χ4n) is 3.67. The standard InChI is InChI=1S/C22H28N2O2S2/c25-20(23-18-12-6-2-7-13-18)14-8-3-9-15-24-21(26)19(28-22(24)27)16-17-10-4-1-5-11-17/h1,4-5,10-11,16,18H,2-3,6-9,12-15H2,(H,23,25). The Hall–Kier alpha value is -1.66. The lowest BCUT2D eigenvalue weighted by Gasteiger charge is -2.22. The van der Waals surface area contributed by atoms with Crippen LogP contribution < -0.4 is 5.32 Å². The highest BCUT2D eigenvalue weighted by atomic mass is 32.2. The number of thioether (sulfide) groups is 1. The molecule has 1 saturated heterocycles. The first kappa shape index (κ1) is 21.1. The predicted molar refractivity (Wildman–Crippen MR) is 120 cm³/mol. The molecule has 2 amide bonds. The van der Waals surface area contributed by atoms with E-state index >= 15 is 0 Å². The van der Waals surface area contributed by atoms with Crippen LogP contribution in [0.3, 0.4) is 0 Å². The topological polar surface area (TPSA) is 49.4 Å². The van der Waals surface area contributed by atoms with Crippen molar-refractivity contribution < 1.29 is 9.59 Å². The zero-order valence-electron chi connectivity index (χ0n) is 16.2. The minimum Gasteiger partial charge on any atom is -0.353 e. The van der Waals surface area contributed by atoms with E-state index in [4.69, 9.17) is 12.2 Å². The van der Waals surface area contributed by atoms with Gasteiger partial charge < -0.3 is 5.32 Å². The maximum Gasteiger partial charge on any atom is 0.266 e. The minimum atomic E-state index is -0.00565. The molecule has 0 radical (unpaired) electrons. The van der Waals surface area contributed by atoms with Crippen LogP contribution in [0, 0.1) is 0 Å². The summed E-state index contributed by atoms with van der Waals surface area (Å²) in [7, 11) is 0. The van der Waals surface area contributed by atoms with E-state index in [1.54, 1.807) is 4.90 Å². The Morgan fingerprint density at radius 2 is 1.89 bits per heavy atom. The van der Waals surface area contributed by atoms with E-state index in [-0.39, 0.29) is 11.8 Å². The van der Waals surface area contributed by atoms with E-state index < -0.39 is 0 Å². The van der Waals surface area contributed by atoms with Gasteiger partial charge in [0.1, 0.15) is 4.32 Å². The van der Waals surface area contributed by atoms with Gasteiger partial charge in [-0.1, -0.05) is 80.0 Å². The van der Waals surface area contributed by atoms with E-state index in [2.05, 4.69) is 5.32 Å². The van der Waals surface area contributed by atoms with E-state index in [0.29, 0.717) is 28.2 Å². The number of benzene rings is 1. The number of hydrogen-bond acceptors (Lipinski definition) is 4. The van der Waals surface area contributed by atoms with Crippen LogP contribution in [0.15, 0.2) is 35.2 Å². The molecule has 1 saturated carbocycles. The number of thiocarbonyl (C=S) groups is 1. The molecule has 150 valence electrons. The third-order valence-electron chi connectivity index (χ3n) is 5.23. The van der Waals surface area contributed by atoms with Crippen LogP contribution in [0.25, 0.3) is 6.08 Å². The molecule has 0 aromatic heterocycles. The molecule has 2 aliphatic rings. The summed E-state index contributed by atoms with van der Waals surface area (Å²) in [4.78, 5) is 27.0. The van der Waals surface area contributed by atoms with Gasteiger partial charge in [-0.15, -0.1) is 0 Å². The smallest absolute Gasteiger partial charge is 0.266 e. The van der Waals surface area contributed by atoms with Gasteiger partial charge in [-0.25, -0.2) is 0 Å². The van der Waals surface area contributed by atoms with Gasteiger partial charge in [0.25, 0.3) is 5.91 Å². The third kappa shape index (κ3) is 6.17. The van der Waals surface area contributed by atoms with Crippen LogP contribution in [-0.2, 0) is 9.59 Å². The lowest BCUT2D eigenvalue weighted by molar-refractivity contribution is -0.123. The molecule has 1 aromatic carbocycles. The average molecular weight is 417 g/mol. The van der Waals surface area contributed by atoms with Crippen LogP contribution in [0.5, 0.6) is 0 Å². The molecule has 1 aliphatic heterocycles. The number of hydrogen-bond donors (Lipinski definition) is 1. The predicted octanol–water partition coefficient (Wildman–Crippen LogP) is 4.90. The summed E-state index contributed by atoms with van der Waals surface area (Å²) in [5.41, 5.74) is 1.01. The fraction of sp³-hybridized carbons (Fsp3) is 0.500. The van der Waals surface area contributed by atoms with E-state index in [9.17, 15) is 9.59 Å². The Kier molecular flexibility index (Phi) is 8.10. The van der Waals surface area contributed by atoms with Crippen molar-refractivity contribution in [2.45, 2.75) is 63.8 Å². The summed E-state index contributed by atoms with van der Waals surface area (Å²) in [6.07, 6.45) is 11.1. The largest absolute Gasteiger partial charge is 0.353 e. The summed E-state index contributed by atoms with van der Waals surface area (Å²) in [6, 6.07) is 10.2. The molecule has 1 aliphatic carbocycles. The maximum atomic E-state index is 12.6. The molecule has 0 atom stereocenters. The highest BCUT2D eigenvalue weighted by molar-refractivity contribution is 8.26. The number of amides is 2. The maximum absolute atomic E-state index is 12.6. The summed E-state index contributed by atoms with van der Waals surface area (Å²) >= 11 is 6.75. The molecule has 3 rings (SSSR count). The van der Waals surface area contributed by atoms with Gasteiger partial charge in [0.15, 0.2) is 0 Å². The first-order valence-electron chi connectivity index (χ1n) is 10.2. The van der Waals surface area contributed by atoms with Crippen molar-refractivity contribution in [3.63, 3.8) is 0 Å². The first-order chi connectivity index (χ1) is 13.6. The quantitative estimate of drug-likeness (QED) is 0.372. The monoisotopic (exact) mass is 416 g/mol. The van der Waals surface area contributed by atoms with Crippen molar-refractivity contribution in [1.29, 1.82) is 0 Å². The molecule has 28 heavy (non-hydrogen) atoms. The third-order valence-corrected chi connectivity index (χ3v) is 6.60. The lowest BCUT2D eigenvalue weighted by atomic mass is 9.95. The van der Waals surface area contributed by atoms with Crippen molar-refractivity contribution in [1.82, 2.24) is 10.2 Å². The summed E-state index contributed by atoms with van der Waals surface area (Å²) in [5, 5.41) is 3.16. The van der Waals surface area contributed by atoms with E-state index in [1.807, 2.05) is 36.4 Å². The molecule has 0 unspecified atom stereocenters. The number of unbranched alkanes of at least 4 members (excludes halogenated alkanes) is 2. The van der Waals surface area contributed by atoms with Gasteiger partial charge in [0, 0.05) is 19.0 Å². The molecule has 1 heterocycles. The van der Waals surface area contributed by atoms with Crippen molar-refractivity contribution in [2.75, 3.05) is 6.54 Å². The summed E-state index contributed by atoms with van der Waals surface area (Å²) in [5.74, 6) is 0.164. The summed E-state index contributed by atoms with van der Waals surface area (Å²) in [6.45, 7) is 0.626. The molecule has 0 spiro atoms. The van der Waals surface area contributed by atoms with Crippen molar-refractivity contribution in [3.8, 4) is 0 Å². The Morgan fingerprint density at radius 3 is 2.64 bits per heavy atom. The van der Waals surface area contributed by atoms with Gasteiger partial charge in [-0.3, -0.25) is 14.5 Å². The summed E-state index contributed by atoms with van der Waals surface area (Å²) < 4.78 is 0.627. The number of nitrogens with one attached hydrogen (secondary N) is 1. The SMILES string of the molecule is O=C(CCCCCN1C(=O)C(=Cc2ccccc2)SC1=S)NC1CCCCC1. The highest BCUT2D eigenvalue weighted by Gasteiger charge is 2.31. The van der Waals surface area contributed by atoms with Crippen molar-refractivity contribution >= 4 is 46.2 Å². The van der Waals surface area contributed by atoms with Crippen LogP contribution in [0.2, 0.25) is 0 Å². The Labute approximate surface area is 177 Å². The zero-order valence-corrected chi connectivity index (χ0v) is 17.8. The van der Waals surface area contributed by atoms with Crippen molar-refractivity contribution in [2.24, 2.45) is 0 Å². The molecular weight excluding hydrogens is 388 g/mol. The number of carbonyl (C=O) groups is 2. The van der Waals surface area contributed by atoms with E-state index in [1.165, 1.54) is 31.0 Å². The normalized spacial score (nSPS) is 19.4. The average Bonchev–Trinajstić information content (AvgIpc) is 2.96. The van der Waals surface area contributed by atoms with Gasteiger partial charge >= 0.3 is 0 Å². The Balaban J connectivity index is 1.36. The molecule has 1 aromatic rings. The second-order valence-corrected chi connectivity index (χ2v) is 9.13. The number of nitrogens with zero attached hydrogens (tertiary/aromatic N) is 1. The number of carbonyl (C=O) groups excluding carboxylic acids is 2. The highest BCUT2D eigenvalue weighted by Crippen LogP contribution is 2.32. The Morgan fingerprint density at radius 1 is 1.14 bits per heavy atom. The van der Waals surface area contributed by atoms with Gasteiger partial charge in [-0.05, 0) is 37.3 Å². The Bertz CT molecular complexity index is 727. The van der Waals surface area contributed by atoms with Crippen LogP contribution in [0.4, 0.5) is 0 Å². The molecule has 4 nitrogen and oxygen atoms in total. The second kappa shape index (κ2) is 10.8. The molecular formula is C22H28N2O2S2. The first-order valence-corrected chi connectivity index (χ1v) is 11.5. The van der Waals surface area contributed by atoms with Crippen LogP contribution in [0.1, 0.15) is 63.4 Å². The van der Waals surface area contributed by atoms with Gasteiger partial charge in [-0.2, -0.15) is 0 Å². The number of rotatable bonds is 8. The van der Waals surface area contributed by atoms with Crippen LogP contribution in [-0.4, -0.2) is 33.6 Å². The van der Waals surface area contributed by atoms with E-state index in [0.717, 1.165) is 37.7 Å². The van der Waals surface area contributed by atoms with Gasteiger partial charge in [0.05, 0.1) is 4.91 Å². The molecule has 6 heteroatoms. The lowest BCUT2D eigenvalue weighted by Crippen LogP contribution is -2.36. The second-order valence-electron chi connectivity index (χ2n) is 7.46. The fourth-order valence-corrected chi connectivity index (χ4v) is 4.98. The molecule has 1 N–H and O–H groups in total. The minimum absolute atomic E-state index is 0.00565.